The Kier molecular flexibility index (Phi) is 6.16. The first-order chi connectivity index (χ1) is 11.4. The number of carbonyl (C=O) groups excluding carboxylic acids is 1. The minimum atomic E-state index is -3.98. The van der Waals surface area contributed by atoms with Crippen LogP contribution in [0, 0.1) is 6.92 Å². The number of Topliss-reactive ketones (excluding diaryl/α,β-unsaturated/α-hetero) is 1. The van der Waals surface area contributed by atoms with Crippen molar-refractivity contribution in [3.63, 3.8) is 0 Å². The predicted octanol–water partition coefficient (Wildman–Crippen LogP) is 2.06. The SMILES string of the molecule is COOCc1ccc(C(=O)COS(=O)(=O)c2ccc(C)cc2)cn1. The van der Waals surface area contributed by atoms with E-state index < -0.39 is 22.5 Å². The molecule has 0 aliphatic heterocycles. The number of nitrogens with zero attached hydrogens (tertiary/aromatic N) is 1. The first kappa shape index (κ1) is 18.2. The van der Waals surface area contributed by atoms with Crippen molar-refractivity contribution < 1.29 is 27.2 Å². The molecular formula is C16H17NO6S. The summed E-state index contributed by atoms with van der Waals surface area (Å²) in [5, 5.41) is 0. The van der Waals surface area contributed by atoms with Gasteiger partial charge >= 0.3 is 0 Å². The van der Waals surface area contributed by atoms with E-state index in [0.717, 1.165) is 5.56 Å². The lowest BCUT2D eigenvalue weighted by molar-refractivity contribution is -0.282. The maximum absolute atomic E-state index is 12.0. The maximum atomic E-state index is 12.0. The Morgan fingerprint density at radius 2 is 1.83 bits per heavy atom. The molecule has 0 saturated heterocycles. The Balaban J connectivity index is 1.98. The van der Waals surface area contributed by atoms with Gasteiger partial charge in [0, 0.05) is 11.8 Å². The quantitative estimate of drug-likeness (QED) is 0.311. The Hall–Kier alpha value is -2.13. The summed E-state index contributed by atoms with van der Waals surface area (Å²) >= 11 is 0. The van der Waals surface area contributed by atoms with E-state index in [4.69, 9.17) is 9.07 Å². The average Bonchev–Trinajstić information content (AvgIpc) is 2.59. The van der Waals surface area contributed by atoms with Gasteiger partial charge in [0.25, 0.3) is 10.1 Å². The minimum Gasteiger partial charge on any atom is -0.291 e. The first-order valence-electron chi connectivity index (χ1n) is 7.02. The lowest BCUT2D eigenvalue weighted by atomic mass is 10.2. The summed E-state index contributed by atoms with van der Waals surface area (Å²) in [5.41, 5.74) is 1.74. The average molecular weight is 351 g/mol. The molecule has 0 N–H and O–H groups in total. The van der Waals surface area contributed by atoms with Crippen molar-refractivity contribution >= 4 is 15.9 Å². The van der Waals surface area contributed by atoms with Gasteiger partial charge in [0.05, 0.1) is 17.7 Å². The van der Waals surface area contributed by atoms with Gasteiger partial charge in [0.2, 0.25) is 0 Å². The minimum absolute atomic E-state index is 0.00564. The zero-order valence-corrected chi connectivity index (χ0v) is 14.1. The van der Waals surface area contributed by atoms with Crippen LogP contribution in [0.1, 0.15) is 21.6 Å². The molecule has 0 amide bonds. The van der Waals surface area contributed by atoms with Crippen LogP contribution in [0.25, 0.3) is 0 Å². The van der Waals surface area contributed by atoms with Gasteiger partial charge in [-0.05, 0) is 31.2 Å². The highest BCUT2D eigenvalue weighted by Gasteiger charge is 2.18. The Bertz CT molecular complexity index is 784. The van der Waals surface area contributed by atoms with Crippen molar-refractivity contribution in [3.8, 4) is 0 Å². The summed E-state index contributed by atoms with van der Waals surface area (Å²) in [6.45, 7) is 1.39. The largest absolute Gasteiger partial charge is 0.297 e. The van der Waals surface area contributed by atoms with Crippen LogP contribution in [0.3, 0.4) is 0 Å². The second-order valence-electron chi connectivity index (χ2n) is 4.92. The van der Waals surface area contributed by atoms with Gasteiger partial charge in [0.1, 0.15) is 13.2 Å². The van der Waals surface area contributed by atoms with Crippen LogP contribution < -0.4 is 0 Å². The second kappa shape index (κ2) is 8.11. The predicted molar refractivity (Wildman–Crippen MR) is 84.7 cm³/mol. The van der Waals surface area contributed by atoms with Gasteiger partial charge < -0.3 is 0 Å². The number of hydrogen-bond acceptors (Lipinski definition) is 7. The van der Waals surface area contributed by atoms with E-state index in [-0.39, 0.29) is 17.1 Å². The molecule has 0 aliphatic rings. The molecule has 0 fully saturated rings. The van der Waals surface area contributed by atoms with Gasteiger partial charge in [-0.3, -0.25) is 14.0 Å². The lowest BCUT2D eigenvalue weighted by Gasteiger charge is -2.06. The number of pyridine rings is 1. The van der Waals surface area contributed by atoms with Crippen LogP contribution in [0.5, 0.6) is 0 Å². The zero-order valence-electron chi connectivity index (χ0n) is 13.3. The Labute approximate surface area is 140 Å². The van der Waals surface area contributed by atoms with Crippen molar-refractivity contribution in [1.29, 1.82) is 0 Å². The van der Waals surface area contributed by atoms with Gasteiger partial charge in [0.15, 0.2) is 5.78 Å². The van der Waals surface area contributed by atoms with Crippen molar-refractivity contribution in [2.75, 3.05) is 13.7 Å². The molecule has 0 aliphatic carbocycles. The molecule has 0 bridgehead atoms. The fourth-order valence-corrected chi connectivity index (χ4v) is 2.65. The summed E-state index contributed by atoms with van der Waals surface area (Å²) in [7, 11) is -2.60. The lowest BCUT2D eigenvalue weighted by Crippen LogP contribution is -2.15. The van der Waals surface area contributed by atoms with Crippen molar-refractivity contribution in [3.05, 3.63) is 59.4 Å². The van der Waals surface area contributed by atoms with E-state index in [1.165, 1.54) is 31.5 Å². The van der Waals surface area contributed by atoms with Crippen LogP contribution in [0.15, 0.2) is 47.5 Å². The number of benzene rings is 1. The van der Waals surface area contributed by atoms with E-state index >= 15 is 0 Å². The van der Waals surface area contributed by atoms with Gasteiger partial charge in [-0.15, -0.1) is 0 Å². The molecule has 1 heterocycles. The molecule has 128 valence electrons. The molecule has 8 heteroatoms. The zero-order chi connectivity index (χ0) is 17.6. The highest BCUT2D eigenvalue weighted by Crippen LogP contribution is 2.14. The highest BCUT2D eigenvalue weighted by molar-refractivity contribution is 7.86. The third kappa shape index (κ3) is 4.93. The summed E-state index contributed by atoms with van der Waals surface area (Å²) < 4.78 is 28.9. The van der Waals surface area contributed by atoms with E-state index in [2.05, 4.69) is 9.87 Å². The standard InChI is InChI=1S/C16H17NO6S/c1-12-3-7-15(8-4-12)24(19,20)23-11-16(18)13-5-6-14(17-9-13)10-22-21-2/h3-9H,10-11H2,1-2H3. The monoisotopic (exact) mass is 351 g/mol. The molecule has 0 radical (unpaired) electrons. The molecule has 0 spiro atoms. The molecule has 0 atom stereocenters. The number of hydrogen-bond donors (Lipinski definition) is 0. The molecule has 0 unspecified atom stereocenters. The molecule has 7 nitrogen and oxygen atoms in total. The molecule has 1 aromatic heterocycles. The first-order valence-corrected chi connectivity index (χ1v) is 8.43. The van der Waals surface area contributed by atoms with Gasteiger partial charge in [-0.2, -0.15) is 8.42 Å². The summed E-state index contributed by atoms with van der Waals surface area (Å²) in [4.78, 5) is 25.2. The van der Waals surface area contributed by atoms with Crippen LogP contribution >= 0.6 is 0 Å². The van der Waals surface area contributed by atoms with Gasteiger partial charge in [-0.1, -0.05) is 17.7 Å². The van der Waals surface area contributed by atoms with E-state index in [9.17, 15) is 13.2 Å². The van der Waals surface area contributed by atoms with Crippen LogP contribution in [0.2, 0.25) is 0 Å². The van der Waals surface area contributed by atoms with Crippen molar-refractivity contribution in [2.24, 2.45) is 0 Å². The smallest absolute Gasteiger partial charge is 0.291 e. The summed E-state index contributed by atoms with van der Waals surface area (Å²) in [5.74, 6) is -0.489. The van der Waals surface area contributed by atoms with E-state index in [0.29, 0.717) is 5.69 Å². The van der Waals surface area contributed by atoms with E-state index in [1.807, 2.05) is 6.92 Å². The Morgan fingerprint density at radius 1 is 1.12 bits per heavy atom. The molecule has 24 heavy (non-hydrogen) atoms. The van der Waals surface area contributed by atoms with Crippen LogP contribution in [-0.4, -0.2) is 32.9 Å². The number of aromatic nitrogens is 1. The fourth-order valence-electron chi connectivity index (χ4n) is 1.78. The highest BCUT2D eigenvalue weighted by atomic mass is 32.2. The number of rotatable bonds is 8. The molecule has 0 saturated carbocycles. The topological polar surface area (TPSA) is 91.8 Å². The van der Waals surface area contributed by atoms with Crippen LogP contribution in [-0.2, 0) is 30.7 Å². The maximum Gasteiger partial charge on any atom is 0.297 e. The molecular weight excluding hydrogens is 334 g/mol. The molecule has 1 aromatic carbocycles. The molecule has 2 aromatic rings. The molecule has 2 rings (SSSR count). The van der Waals surface area contributed by atoms with Crippen molar-refractivity contribution in [1.82, 2.24) is 4.98 Å². The van der Waals surface area contributed by atoms with Crippen molar-refractivity contribution in [2.45, 2.75) is 18.4 Å². The van der Waals surface area contributed by atoms with Gasteiger partial charge in [-0.25, -0.2) is 9.78 Å². The number of carbonyl (C=O) groups is 1. The number of aryl methyl sites for hydroxylation is 1. The third-order valence-electron chi connectivity index (χ3n) is 3.13. The Morgan fingerprint density at radius 3 is 2.42 bits per heavy atom. The van der Waals surface area contributed by atoms with E-state index in [1.54, 1.807) is 18.2 Å². The summed E-state index contributed by atoms with van der Waals surface area (Å²) in [6, 6.07) is 9.28. The third-order valence-corrected chi connectivity index (χ3v) is 4.40. The normalized spacial score (nSPS) is 11.4. The second-order valence-corrected chi connectivity index (χ2v) is 6.53. The number of ketones is 1. The summed E-state index contributed by atoms with van der Waals surface area (Å²) in [6.07, 6.45) is 1.33. The fraction of sp³-hybridized carbons (Fsp3) is 0.250. The van der Waals surface area contributed by atoms with Crippen LogP contribution in [0.4, 0.5) is 0 Å².